The van der Waals surface area contributed by atoms with Gasteiger partial charge < -0.3 is 15.2 Å². The van der Waals surface area contributed by atoms with Gasteiger partial charge in [-0.15, -0.1) is 10.2 Å². The molecule has 0 radical (unpaired) electrons. The summed E-state index contributed by atoms with van der Waals surface area (Å²) in [5.74, 6) is 0.313. The molecule has 90 valence electrons. The third kappa shape index (κ3) is 3.20. The van der Waals surface area contributed by atoms with Crippen LogP contribution in [0.25, 0.3) is 0 Å². The average Bonchev–Trinajstić information content (AvgIpc) is 2.61. The van der Waals surface area contributed by atoms with Crippen molar-refractivity contribution < 1.29 is 14.6 Å². The lowest BCUT2D eigenvalue weighted by Crippen LogP contribution is -2.12. The predicted molar refractivity (Wildman–Crippen MR) is 57.2 cm³/mol. The van der Waals surface area contributed by atoms with Gasteiger partial charge in [-0.1, -0.05) is 0 Å². The Bertz CT molecular complexity index is 351. The van der Waals surface area contributed by atoms with E-state index >= 15 is 0 Å². The van der Waals surface area contributed by atoms with Crippen LogP contribution in [0.2, 0.25) is 0 Å². The maximum Gasteiger partial charge on any atom is 0.329 e. The van der Waals surface area contributed by atoms with Crippen LogP contribution in [0.1, 0.15) is 19.7 Å². The van der Waals surface area contributed by atoms with Crippen LogP contribution >= 0.6 is 0 Å². The van der Waals surface area contributed by atoms with Crippen molar-refractivity contribution in [2.45, 2.75) is 27.0 Å². The molecule has 0 atom stereocenters. The standard InChI is InChI=1S/C9H16N4O3/c1-3-10-9-12-11-7(13(9)4-2)5-16-6-8(14)15/h3-6H2,1-2H3,(H,10,12)(H,14,15). The number of rotatable bonds is 7. The Hall–Kier alpha value is -1.63. The van der Waals surface area contributed by atoms with Gasteiger partial charge in [-0.25, -0.2) is 4.79 Å². The molecular weight excluding hydrogens is 212 g/mol. The summed E-state index contributed by atoms with van der Waals surface area (Å²) < 4.78 is 6.82. The largest absolute Gasteiger partial charge is 0.480 e. The first-order valence-corrected chi connectivity index (χ1v) is 5.14. The first-order valence-electron chi connectivity index (χ1n) is 5.14. The molecule has 0 bridgehead atoms. The molecule has 0 unspecified atom stereocenters. The number of carbonyl (C=O) groups is 1. The molecular formula is C9H16N4O3. The molecule has 0 fully saturated rings. The van der Waals surface area contributed by atoms with Gasteiger partial charge in [0.15, 0.2) is 5.82 Å². The zero-order valence-electron chi connectivity index (χ0n) is 9.43. The third-order valence-corrected chi connectivity index (χ3v) is 1.94. The fourth-order valence-electron chi connectivity index (χ4n) is 1.29. The lowest BCUT2D eigenvalue weighted by atomic mass is 10.5. The molecule has 0 amide bonds. The van der Waals surface area contributed by atoms with E-state index in [1.165, 1.54) is 0 Å². The maximum absolute atomic E-state index is 10.3. The summed E-state index contributed by atoms with van der Waals surface area (Å²) in [6.45, 7) is 5.22. The minimum atomic E-state index is -0.991. The number of aromatic nitrogens is 3. The number of aliphatic carboxylic acids is 1. The van der Waals surface area contributed by atoms with Crippen molar-refractivity contribution in [2.75, 3.05) is 18.5 Å². The molecule has 0 spiro atoms. The van der Waals surface area contributed by atoms with Crippen LogP contribution in [0.4, 0.5) is 5.95 Å². The van der Waals surface area contributed by atoms with Gasteiger partial charge in [0.25, 0.3) is 0 Å². The second kappa shape index (κ2) is 6.06. The second-order valence-electron chi connectivity index (χ2n) is 3.10. The number of nitrogens with one attached hydrogen (secondary N) is 1. The molecule has 2 N–H and O–H groups in total. The fourth-order valence-corrected chi connectivity index (χ4v) is 1.29. The van der Waals surface area contributed by atoms with Gasteiger partial charge in [0.05, 0.1) is 0 Å². The summed E-state index contributed by atoms with van der Waals surface area (Å²) in [4.78, 5) is 10.3. The Morgan fingerprint density at radius 3 is 2.81 bits per heavy atom. The van der Waals surface area contributed by atoms with Gasteiger partial charge in [0.1, 0.15) is 13.2 Å². The van der Waals surface area contributed by atoms with Crippen LogP contribution in [0.15, 0.2) is 0 Å². The van der Waals surface area contributed by atoms with E-state index in [1.54, 1.807) is 0 Å². The molecule has 1 aromatic rings. The summed E-state index contributed by atoms with van der Waals surface area (Å²) >= 11 is 0. The number of nitrogens with zero attached hydrogens (tertiary/aromatic N) is 3. The van der Waals surface area contributed by atoms with Crippen LogP contribution < -0.4 is 5.32 Å². The minimum Gasteiger partial charge on any atom is -0.480 e. The van der Waals surface area contributed by atoms with Crippen molar-refractivity contribution in [1.29, 1.82) is 0 Å². The molecule has 1 rings (SSSR count). The topological polar surface area (TPSA) is 89.3 Å². The molecule has 0 aromatic carbocycles. The highest BCUT2D eigenvalue weighted by Crippen LogP contribution is 2.08. The highest BCUT2D eigenvalue weighted by atomic mass is 16.5. The van der Waals surface area contributed by atoms with Crippen LogP contribution in [0, 0.1) is 0 Å². The Morgan fingerprint density at radius 2 is 2.25 bits per heavy atom. The minimum absolute atomic E-state index is 0.151. The molecule has 7 heteroatoms. The molecule has 0 aliphatic heterocycles. The Balaban J connectivity index is 2.61. The van der Waals surface area contributed by atoms with Crippen LogP contribution in [-0.2, 0) is 22.7 Å². The molecule has 0 aliphatic rings. The molecule has 16 heavy (non-hydrogen) atoms. The van der Waals surface area contributed by atoms with Crippen molar-refractivity contribution in [3.8, 4) is 0 Å². The summed E-state index contributed by atoms with van der Waals surface area (Å²) in [5.41, 5.74) is 0. The third-order valence-electron chi connectivity index (χ3n) is 1.94. The molecule has 0 saturated carbocycles. The zero-order chi connectivity index (χ0) is 12.0. The summed E-state index contributed by atoms with van der Waals surface area (Å²) in [5, 5.41) is 19.4. The number of hydrogen-bond donors (Lipinski definition) is 2. The van der Waals surface area contributed by atoms with Gasteiger partial charge in [0.2, 0.25) is 5.95 Å². The maximum atomic E-state index is 10.3. The zero-order valence-corrected chi connectivity index (χ0v) is 9.43. The second-order valence-corrected chi connectivity index (χ2v) is 3.10. The monoisotopic (exact) mass is 228 g/mol. The van der Waals surface area contributed by atoms with E-state index in [2.05, 4.69) is 15.5 Å². The van der Waals surface area contributed by atoms with Gasteiger partial charge in [-0.3, -0.25) is 4.57 Å². The SMILES string of the molecule is CCNc1nnc(COCC(=O)O)n1CC. The highest BCUT2D eigenvalue weighted by Gasteiger charge is 2.10. The number of ether oxygens (including phenoxy) is 1. The van der Waals surface area contributed by atoms with E-state index in [9.17, 15) is 4.79 Å². The van der Waals surface area contributed by atoms with Gasteiger partial charge in [-0.05, 0) is 13.8 Å². The quantitative estimate of drug-likeness (QED) is 0.699. The van der Waals surface area contributed by atoms with Crippen LogP contribution in [0.3, 0.4) is 0 Å². The summed E-state index contributed by atoms with van der Waals surface area (Å²) in [6, 6.07) is 0. The normalized spacial score (nSPS) is 10.4. The van der Waals surface area contributed by atoms with Crippen molar-refractivity contribution in [2.24, 2.45) is 0 Å². The van der Waals surface area contributed by atoms with Crippen molar-refractivity contribution >= 4 is 11.9 Å². The number of hydrogen-bond acceptors (Lipinski definition) is 5. The average molecular weight is 228 g/mol. The van der Waals surface area contributed by atoms with Crippen molar-refractivity contribution in [3.63, 3.8) is 0 Å². The molecule has 0 saturated heterocycles. The van der Waals surface area contributed by atoms with Crippen molar-refractivity contribution in [1.82, 2.24) is 14.8 Å². The van der Waals surface area contributed by atoms with Gasteiger partial charge in [0, 0.05) is 13.1 Å². The lowest BCUT2D eigenvalue weighted by Gasteiger charge is -2.07. The van der Waals surface area contributed by atoms with Gasteiger partial charge in [-0.2, -0.15) is 0 Å². The van der Waals surface area contributed by atoms with E-state index in [-0.39, 0.29) is 13.2 Å². The fraction of sp³-hybridized carbons (Fsp3) is 0.667. The first kappa shape index (κ1) is 12.4. The number of carboxylic acid groups (broad SMARTS) is 1. The van der Waals surface area contributed by atoms with Crippen molar-refractivity contribution in [3.05, 3.63) is 5.82 Å². The summed E-state index contributed by atoms with van der Waals surface area (Å²) in [7, 11) is 0. The molecule has 1 aromatic heterocycles. The lowest BCUT2D eigenvalue weighted by molar-refractivity contribution is -0.142. The van der Waals surface area contributed by atoms with Crippen LogP contribution in [0.5, 0.6) is 0 Å². The van der Waals surface area contributed by atoms with E-state index in [4.69, 9.17) is 9.84 Å². The first-order chi connectivity index (χ1) is 7.69. The Labute approximate surface area is 93.4 Å². The van der Waals surface area contributed by atoms with E-state index in [1.807, 2.05) is 18.4 Å². The van der Waals surface area contributed by atoms with Gasteiger partial charge >= 0.3 is 5.97 Å². The number of carboxylic acids is 1. The molecule has 1 heterocycles. The van der Waals surface area contributed by atoms with E-state index in [0.29, 0.717) is 18.3 Å². The molecule has 0 aliphatic carbocycles. The van der Waals surface area contributed by atoms with Crippen LogP contribution in [-0.4, -0.2) is 39.0 Å². The predicted octanol–water partition coefficient (Wildman–Crippen LogP) is 0.331. The molecule has 7 nitrogen and oxygen atoms in total. The van der Waals surface area contributed by atoms with E-state index in [0.717, 1.165) is 6.54 Å². The smallest absolute Gasteiger partial charge is 0.329 e. The Kier molecular flexibility index (Phi) is 4.71. The summed E-state index contributed by atoms with van der Waals surface area (Å²) in [6.07, 6.45) is 0. The van der Waals surface area contributed by atoms with E-state index < -0.39 is 5.97 Å². The number of anilines is 1. The Morgan fingerprint density at radius 1 is 1.50 bits per heavy atom. The highest BCUT2D eigenvalue weighted by molar-refractivity contribution is 5.67.